The molecule has 0 saturated carbocycles. The van der Waals surface area contributed by atoms with Crippen molar-refractivity contribution in [3.63, 3.8) is 0 Å². The topological polar surface area (TPSA) is 85.0 Å². The van der Waals surface area contributed by atoms with Gasteiger partial charge >= 0.3 is 5.97 Å². The van der Waals surface area contributed by atoms with Gasteiger partial charge in [0.15, 0.2) is 35.7 Å². The summed E-state index contributed by atoms with van der Waals surface area (Å²) in [6, 6.07) is 0. The van der Waals surface area contributed by atoms with Gasteiger partial charge in [0.1, 0.15) is 17.8 Å². The summed E-state index contributed by atoms with van der Waals surface area (Å²) in [5.74, 6) is -1.90. The fraction of sp³-hybridized carbons (Fsp3) is 0.941. The largest absolute Gasteiger partial charge is 0.451 e. The lowest BCUT2D eigenvalue weighted by Crippen LogP contribution is -2.61. The number of hydrogen-bond donors (Lipinski definition) is 0. The summed E-state index contributed by atoms with van der Waals surface area (Å²) >= 11 is 0. The predicted octanol–water partition coefficient (Wildman–Crippen LogP) is 0.857. The SMILES string of the molecule is CC1(C)OC[C@@H]([C@H]2O[C@@H]3OC(C)(C)O[C@@H]3[C@@]23C[C@]2(C)O[C@@H]2C(=O)O3)O1. The molecule has 7 atom stereocenters. The number of epoxide rings is 1. The van der Waals surface area contributed by atoms with E-state index in [1.165, 1.54) is 0 Å². The van der Waals surface area contributed by atoms with Crippen molar-refractivity contribution in [1.82, 2.24) is 0 Å². The summed E-state index contributed by atoms with van der Waals surface area (Å²) in [5, 5.41) is 0. The van der Waals surface area contributed by atoms with Crippen molar-refractivity contribution in [2.24, 2.45) is 0 Å². The predicted molar refractivity (Wildman–Crippen MR) is 80.3 cm³/mol. The van der Waals surface area contributed by atoms with Crippen molar-refractivity contribution in [2.75, 3.05) is 6.61 Å². The van der Waals surface area contributed by atoms with Crippen molar-refractivity contribution in [3.8, 4) is 0 Å². The molecular weight excluding hydrogens is 332 g/mol. The molecule has 140 valence electrons. The van der Waals surface area contributed by atoms with Gasteiger partial charge in [-0.05, 0) is 34.6 Å². The number of carbonyl (C=O) groups excluding carboxylic acids is 1. The third-order valence-corrected chi connectivity index (χ3v) is 5.69. The van der Waals surface area contributed by atoms with E-state index in [0.29, 0.717) is 13.0 Å². The van der Waals surface area contributed by atoms with Crippen LogP contribution in [-0.4, -0.2) is 66.1 Å². The molecule has 0 aromatic carbocycles. The Morgan fingerprint density at radius 1 is 0.920 bits per heavy atom. The Labute approximate surface area is 146 Å². The van der Waals surface area contributed by atoms with E-state index in [2.05, 4.69) is 0 Å². The van der Waals surface area contributed by atoms with Gasteiger partial charge < -0.3 is 33.2 Å². The first kappa shape index (κ1) is 16.4. The highest BCUT2D eigenvalue weighted by molar-refractivity contribution is 5.81. The van der Waals surface area contributed by atoms with Crippen LogP contribution in [0.3, 0.4) is 0 Å². The lowest BCUT2D eigenvalue weighted by Gasteiger charge is -2.42. The zero-order chi connectivity index (χ0) is 17.8. The van der Waals surface area contributed by atoms with Gasteiger partial charge in [0, 0.05) is 6.42 Å². The molecule has 0 N–H and O–H groups in total. The quantitative estimate of drug-likeness (QED) is 0.505. The Kier molecular flexibility index (Phi) is 2.99. The normalized spacial score (nSPS) is 55.1. The molecule has 0 aromatic heterocycles. The summed E-state index contributed by atoms with van der Waals surface area (Å²) in [5.41, 5.74) is -1.58. The summed E-state index contributed by atoms with van der Waals surface area (Å²) < 4.78 is 41.4. The van der Waals surface area contributed by atoms with Crippen molar-refractivity contribution >= 4 is 5.97 Å². The van der Waals surface area contributed by atoms with E-state index in [1.807, 2.05) is 34.6 Å². The minimum Gasteiger partial charge on any atom is -0.451 e. The van der Waals surface area contributed by atoms with Crippen LogP contribution in [0.4, 0.5) is 0 Å². The highest BCUT2D eigenvalue weighted by atomic mass is 16.9. The molecule has 0 aliphatic carbocycles. The molecule has 5 heterocycles. The van der Waals surface area contributed by atoms with Gasteiger partial charge in [0.2, 0.25) is 0 Å². The Hall–Kier alpha value is -0.770. The third-order valence-electron chi connectivity index (χ3n) is 5.69. The zero-order valence-electron chi connectivity index (χ0n) is 15.1. The molecule has 0 unspecified atom stereocenters. The molecule has 8 nitrogen and oxygen atoms in total. The number of carbonyl (C=O) groups is 1. The maximum Gasteiger partial charge on any atom is 0.339 e. The fourth-order valence-corrected chi connectivity index (χ4v) is 4.66. The van der Waals surface area contributed by atoms with E-state index < -0.39 is 47.4 Å². The summed E-state index contributed by atoms with van der Waals surface area (Å²) in [6.07, 6.45) is -2.13. The second-order valence-corrected chi connectivity index (χ2v) is 8.71. The van der Waals surface area contributed by atoms with Crippen LogP contribution in [0.5, 0.6) is 0 Å². The highest BCUT2D eigenvalue weighted by Gasteiger charge is 2.77. The lowest BCUT2D eigenvalue weighted by atomic mass is 9.78. The average molecular weight is 356 g/mol. The maximum absolute atomic E-state index is 12.5. The second kappa shape index (κ2) is 4.55. The number of esters is 1. The second-order valence-electron chi connectivity index (χ2n) is 8.71. The lowest BCUT2D eigenvalue weighted by molar-refractivity contribution is -0.257. The van der Waals surface area contributed by atoms with Crippen LogP contribution >= 0.6 is 0 Å². The van der Waals surface area contributed by atoms with Crippen molar-refractivity contribution in [3.05, 3.63) is 0 Å². The molecule has 1 spiro atoms. The first-order valence-electron chi connectivity index (χ1n) is 8.77. The molecule has 5 saturated heterocycles. The van der Waals surface area contributed by atoms with E-state index in [4.69, 9.17) is 33.2 Å². The Morgan fingerprint density at radius 3 is 2.32 bits per heavy atom. The molecular formula is C17H24O8. The molecule has 5 aliphatic rings. The molecule has 5 fully saturated rings. The van der Waals surface area contributed by atoms with Gasteiger partial charge in [-0.25, -0.2) is 4.79 Å². The van der Waals surface area contributed by atoms with Crippen LogP contribution in [0.25, 0.3) is 0 Å². The standard InChI is InChI=1S/C17H24O8/c1-14(2)19-6-8(21-14)9-17(7-16(5)10(23-16)12(18)24-17)11-13(20-9)25-15(3,4)22-11/h8-11,13H,6-7H2,1-5H3/t8-,9+,10+,11-,13+,16-,17+/m0/s1. The van der Waals surface area contributed by atoms with E-state index >= 15 is 0 Å². The summed E-state index contributed by atoms with van der Waals surface area (Å²) in [4.78, 5) is 12.5. The van der Waals surface area contributed by atoms with E-state index in [-0.39, 0.29) is 12.1 Å². The van der Waals surface area contributed by atoms with E-state index in [1.54, 1.807) is 0 Å². The highest BCUT2D eigenvalue weighted by Crippen LogP contribution is 2.58. The monoisotopic (exact) mass is 356 g/mol. The maximum atomic E-state index is 12.5. The minimum absolute atomic E-state index is 0.348. The first-order chi connectivity index (χ1) is 11.5. The number of fused-ring (bicyclic) bond motifs is 3. The number of rotatable bonds is 1. The van der Waals surface area contributed by atoms with Gasteiger partial charge in [-0.3, -0.25) is 0 Å². The molecule has 25 heavy (non-hydrogen) atoms. The zero-order valence-corrected chi connectivity index (χ0v) is 15.1. The van der Waals surface area contributed by atoms with Crippen molar-refractivity contribution in [2.45, 2.75) is 94.5 Å². The Balaban J connectivity index is 1.52. The molecule has 0 amide bonds. The van der Waals surface area contributed by atoms with Gasteiger partial charge in [0.05, 0.1) is 6.61 Å². The first-order valence-corrected chi connectivity index (χ1v) is 8.77. The Morgan fingerprint density at radius 2 is 1.68 bits per heavy atom. The van der Waals surface area contributed by atoms with Crippen LogP contribution in [0.1, 0.15) is 41.0 Å². The van der Waals surface area contributed by atoms with Gasteiger partial charge in [-0.15, -0.1) is 0 Å². The van der Waals surface area contributed by atoms with Gasteiger partial charge in [-0.1, -0.05) is 0 Å². The van der Waals surface area contributed by atoms with Gasteiger partial charge in [-0.2, -0.15) is 0 Å². The Bertz CT molecular complexity index is 632. The van der Waals surface area contributed by atoms with Crippen LogP contribution in [0.2, 0.25) is 0 Å². The molecule has 0 bridgehead atoms. The van der Waals surface area contributed by atoms with E-state index in [9.17, 15) is 4.79 Å². The third kappa shape index (κ3) is 2.25. The van der Waals surface area contributed by atoms with Gasteiger partial charge in [0.25, 0.3) is 0 Å². The number of hydrogen-bond acceptors (Lipinski definition) is 8. The van der Waals surface area contributed by atoms with Crippen LogP contribution in [0.15, 0.2) is 0 Å². The van der Waals surface area contributed by atoms with E-state index in [0.717, 1.165) is 0 Å². The minimum atomic E-state index is -1.02. The van der Waals surface area contributed by atoms with Crippen LogP contribution in [-0.2, 0) is 38.0 Å². The van der Waals surface area contributed by atoms with Crippen LogP contribution in [0, 0.1) is 0 Å². The van der Waals surface area contributed by atoms with Crippen molar-refractivity contribution in [1.29, 1.82) is 0 Å². The molecule has 0 radical (unpaired) electrons. The molecule has 8 heteroatoms. The van der Waals surface area contributed by atoms with Crippen molar-refractivity contribution < 1.29 is 38.0 Å². The molecule has 0 aromatic rings. The molecule has 5 aliphatic heterocycles. The smallest absolute Gasteiger partial charge is 0.339 e. The van der Waals surface area contributed by atoms with Crippen LogP contribution < -0.4 is 0 Å². The summed E-state index contributed by atoms with van der Waals surface area (Å²) in [6.45, 7) is 9.60. The number of ether oxygens (including phenoxy) is 7. The molecule has 5 rings (SSSR count). The fourth-order valence-electron chi connectivity index (χ4n) is 4.66. The average Bonchev–Trinajstić information content (AvgIpc) is 2.72. The summed E-state index contributed by atoms with van der Waals surface area (Å²) in [7, 11) is 0.